The second-order valence-electron chi connectivity index (χ2n) is 3.34. The van der Waals surface area contributed by atoms with Crippen molar-refractivity contribution in [3.63, 3.8) is 0 Å². The molecule has 0 spiro atoms. The van der Waals surface area contributed by atoms with E-state index in [1.807, 2.05) is 6.07 Å². The molecule has 0 saturated carbocycles. The van der Waals surface area contributed by atoms with E-state index in [2.05, 4.69) is 44.8 Å². The van der Waals surface area contributed by atoms with E-state index in [0.29, 0.717) is 6.04 Å². The summed E-state index contributed by atoms with van der Waals surface area (Å²) in [5, 5.41) is 6.82. The highest BCUT2D eigenvalue weighted by atomic mass is 79.9. The first-order valence-electron chi connectivity index (χ1n) is 4.57. The Morgan fingerprint density at radius 1 is 1.46 bits per heavy atom. The summed E-state index contributed by atoms with van der Waals surface area (Å²) in [5.74, 6) is 0. The van der Waals surface area contributed by atoms with Crippen molar-refractivity contribution in [3.8, 4) is 0 Å². The van der Waals surface area contributed by atoms with Crippen LogP contribution >= 0.6 is 15.9 Å². The number of benzene rings is 1. The standard InChI is InChI=1S/C10H13BrN2/c11-8-2-1-3-9(6-8)13-10-4-5-12-7-10/h1-3,6,10,12-13H,4-5,7H2. The zero-order chi connectivity index (χ0) is 9.10. The fraction of sp³-hybridized carbons (Fsp3) is 0.400. The molecule has 0 radical (unpaired) electrons. The minimum Gasteiger partial charge on any atom is -0.381 e. The minimum absolute atomic E-state index is 0.592. The summed E-state index contributed by atoms with van der Waals surface area (Å²) in [5.41, 5.74) is 1.20. The molecule has 0 amide bonds. The molecule has 1 atom stereocenters. The highest BCUT2D eigenvalue weighted by Gasteiger charge is 2.13. The Labute approximate surface area is 86.9 Å². The van der Waals surface area contributed by atoms with Gasteiger partial charge in [-0.15, -0.1) is 0 Å². The molecule has 1 aliphatic rings. The Balaban J connectivity index is 2.00. The predicted molar refractivity (Wildman–Crippen MR) is 59.0 cm³/mol. The Kier molecular flexibility index (Phi) is 2.86. The van der Waals surface area contributed by atoms with Gasteiger partial charge in [-0.25, -0.2) is 0 Å². The van der Waals surface area contributed by atoms with Crippen LogP contribution in [0.5, 0.6) is 0 Å². The summed E-state index contributed by atoms with van der Waals surface area (Å²) in [4.78, 5) is 0. The summed E-state index contributed by atoms with van der Waals surface area (Å²) in [6.07, 6.45) is 1.21. The molecule has 1 fully saturated rings. The summed E-state index contributed by atoms with van der Waals surface area (Å²) in [6.45, 7) is 2.21. The highest BCUT2D eigenvalue weighted by Crippen LogP contribution is 2.17. The third kappa shape index (κ3) is 2.45. The second kappa shape index (κ2) is 4.11. The smallest absolute Gasteiger partial charge is 0.0398 e. The van der Waals surface area contributed by atoms with E-state index in [1.54, 1.807) is 0 Å². The molecule has 13 heavy (non-hydrogen) atoms. The third-order valence-electron chi connectivity index (χ3n) is 2.26. The maximum Gasteiger partial charge on any atom is 0.0398 e. The quantitative estimate of drug-likeness (QED) is 0.829. The van der Waals surface area contributed by atoms with Gasteiger partial charge in [0.05, 0.1) is 0 Å². The zero-order valence-corrected chi connectivity index (χ0v) is 8.97. The zero-order valence-electron chi connectivity index (χ0n) is 7.39. The van der Waals surface area contributed by atoms with Crippen LogP contribution in [0, 0.1) is 0 Å². The van der Waals surface area contributed by atoms with Crippen molar-refractivity contribution < 1.29 is 0 Å². The van der Waals surface area contributed by atoms with Crippen molar-refractivity contribution in [1.82, 2.24) is 5.32 Å². The monoisotopic (exact) mass is 240 g/mol. The van der Waals surface area contributed by atoms with E-state index >= 15 is 0 Å². The van der Waals surface area contributed by atoms with Crippen molar-refractivity contribution in [3.05, 3.63) is 28.7 Å². The minimum atomic E-state index is 0.592. The first kappa shape index (κ1) is 9.03. The molecule has 1 aromatic rings. The summed E-state index contributed by atoms with van der Waals surface area (Å²) >= 11 is 3.46. The molecule has 1 heterocycles. The lowest BCUT2D eigenvalue weighted by atomic mass is 10.2. The molecule has 3 heteroatoms. The fourth-order valence-electron chi connectivity index (χ4n) is 1.59. The summed E-state index contributed by atoms with van der Waals surface area (Å²) in [6, 6.07) is 8.89. The van der Waals surface area contributed by atoms with Gasteiger partial charge in [-0.3, -0.25) is 0 Å². The lowest BCUT2D eigenvalue weighted by Crippen LogP contribution is -2.21. The topological polar surface area (TPSA) is 24.1 Å². The van der Waals surface area contributed by atoms with Crippen LogP contribution in [-0.2, 0) is 0 Å². The number of halogens is 1. The first-order chi connectivity index (χ1) is 6.34. The lowest BCUT2D eigenvalue weighted by molar-refractivity contribution is 0.793. The number of hydrogen-bond donors (Lipinski definition) is 2. The van der Waals surface area contributed by atoms with E-state index in [9.17, 15) is 0 Å². The first-order valence-corrected chi connectivity index (χ1v) is 5.37. The van der Waals surface area contributed by atoms with Gasteiger partial charge in [0.1, 0.15) is 0 Å². The average Bonchev–Trinajstić information content (AvgIpc) is 2.57. The van der Waals surface area contributed by atoms with Crippen molar-refractivity contribution in [2.75, 3.05) is 18.4 Å². The number of hydrogen-bond acceptors (Lipinski definition) is 2. The molecule has 0 aliphatic carbocycles. The third-order valence-corrected chi connectivity index (χ3v) is 2.75. The molecule has 1 aliphatic heterocycles. The molecule has 70 valence electrons. The predicted octanol–water partition coefficient (Wildman–Crippen LogP) is 2.22. The molecular formula is C10H13BrN2. The van der Waals surface area contributed by atoms with E-state index < -0.39 is 0 Å². The van der Waals surface area contributed by atoms with Crippen LogP contribution in [0.1, 0.15) is 6.42 Å². The van der Waals surface area contributed by atoms with E-state index in [1.165, 1.54) is 12.1 Å². The molecule has 1 unspecified atom stereocenters. The van der Waals surface area contributed by atoms with Crippen molar-refractivity contribution >= 4 is 21.6 Å². The molecular weight excluding hydrogens is 228 g/mol. The van der Waals surface area contributed by atoms with Gasteiger partial charge in [-0.1, -0.05) is 22.0 Å². The van der Waals surface area contributed by atoms with Gasteiger partial charge in [0.25, 0.3) is 0 Å². The maximum atomic E-state index is 3.49. The molecule has 1 saturated heterocycles. The number of rotatable bonds is 2. The van der Waals surface area contributed by atoms with Crippen LogP contribution in [0.2, 0.25) is 0 Å². The van der Waals surface area contributed by atoms with E-state index in [-0.39, 0.29) is 0 Å². The average molecular weight is 241 g/mol. The van der Waals surface area contributed by atoms with Crippen LogP contribution < -0.4 is 10.6 Å². The van der Waals surface area contributed by atoms with Crippen molar-refractivity contribution in [1.29, 1.82) is 0 Å². The Bertz CT molecular complexity index is 282. The van der Waals surface area contributed by atoms with E-state index in [0.717, 1.165) is 17.6 Å². The number of anilines is 1. The molecule has 1 aromatic carbocycles. The molecule has 0 aromatic heterocycles. The summed E-state index contributed by atoms with van der Waals surface area (Å²) in [7, 11) is 0. The van der Waals surface area contributed by atoms with Crippen LogP contribution in [0.15, 0.2) is 28.7 Å². The molecule has 2 nitrogen and oxygen atoms in total. The van der Waals surface area contributed by atoms with Crippen LogP contribution in [0.3, 0.4) is 0 Å². The van der Waals surface area contributed by atoms with Gasteiger partial charge >= 0.3 is 0 Å². The van der Waals surface area contributed by atoms with Crippen LogP contribution in [0.25, 0.3) is 0 Å². The maximum absolute atomic E-state index is 3.49. The normalized spacial score (nSPS) is 21.8. The Morgan fingerprint density at radius 2 is 2.38 bits per heavy atom. The molecule has 2 rings (SSSR count). The van der Waals surface area contributed by atoms with Crippen LogP contribution in [-0.4, -0.2) is 19.1 Å². The highest BCUT2D eigenvalue weighted by molar-refractivity contribution is 9.10. The van der Waals surface area contributed by atoms with Gasteiger partial charge in [0.2, 0.25) is 0 Å². The Hall–Kier alpha value is -0.540. The second-order valence-corrected chi connectivity index (χ2v) is 4.26. The van der Waals surface area contributed by atoms with Gasteiger partial charge < -0.3 is 10.6 Å². The van der Waals surface area contributed by atoms with Crippen LogP contribution in [0.4, 0.5) is 5.69 Å². The van der Waals surface area contributed by atoms with Gasteiger partial charge in [0.15, 0.2) is 0 Å². The summed E-state index contributed by atoms with van der Waals surface area (Å²) < 4.78 is 1.13. The van der Waals surface area contributed by atoms with E-state index in [4.69, 9.17) is 0 Å². The van der Waals surface area contributed by atoms with Gasteiger partial charge in [-0.2, -0.15) is 0 Å². The van der Waals surface area contributed by atoms with Crippen molar-refractivity contribution in [2.24, 2.45) is 0 Å². The SMILES string of the molecule is Brc1cccc(NC2CCNC2)c1. The van der Waals surface area contributed by atoms with Gasteiger partial charge in [0, 0.05) is 22.7 Å². The lowest BCUT2D eigenvalue weighted by Gasteiger charge is -2.12. The molecule has 2 N–H and O–H groups in total. The van der Waals surface area contributed by atoms with Crippen molar-refractivity contribution in [2.45, 2.75) is 12.5 Å². The van der Waals surface area contributed by atoms with Gasteiger partial charge in [-0.05, 0) is 31.2 Å². The largest absolute Gasteiger partial charge is 0.381 e. The number of nitrogens with one attached hydrogen (secondary N) is 2. The Morgan fingerprint density at radius 3 is 3.08 bits per heavy atom. The fourth-order valence-corrected chi connectivity index (χ4v) is 1.99. The molecule has 0 bridgehead atoms.